The van der Waals surface area contributed by atoms with Crippen LogP contribution < -0.4 is 5.48 Å². The van der Waals surface area contributed by atoms with Gasteiger partial charge in [-0.3, -0.25) is 14.7 Å². The third-order valence-corrected chi connectivity index (χ3v) is 1.94. The molecule has 5 nitrogen and oxygen atoms in total. The summed E-state index contributed by atoms with van der Waals surface area (Å²) in [5, 5.41) is 6.69. The van der Waals surface area contributed by atoms with Crippen LogP contribution >= 0.6 is 0 Å². The zero-order chi connectivity index (χ0) is 11.4. The molecule has 1 amide bonds. The van der Waals surface area contributed by atoms with Gasteiger partial charge >= 0.3 is 0 Å². The Bertz CT molecular complexity index is 325. The van der Waals surface area contributed by atoms with E-state index in [2.05, 4.69) is 15.7 Å². The fourth-order valence-electron chi connectivity index (χ4n) is 1.21. The lowest BCUT2D eigenvalue weighted by molar-refractivity contribution is 0.0207. The van der Waals surface area contributed by atoms with Gasteiger partial charge in [-0.25, -0.2) is 5.48 Å². The van der Waals surface area contributed by atoms with Crippen molar-refractivity contribution in [2.24, 2.45) is 5.92 Å². The van der Waals surface area contributed by atoms with E-state index in [9.17, 15) is 4.79 Å². The van der Waals surface area contributed by atoms with Gasteiger partial charge in [-0.2, -0.15) is 5.10 Å². The van der Waals surface area contributed by atoms with Crippen LogP contribution in [0, 0.1) is 19.8 Å². The number of aryl methyl sites for hydroxylation is 2. The van der Waals surface area contributed by atoms with E-state index >= 15 is 0 Å². The molecular weight excluding hydrogens is 194 g/mol. The highest BCUT2D eigenvalue weighted by molar-refractivity contribution is 5.95. The van der Waals surface area contributed by atoms with Crippen LogP contribution in [-0.2, 0) is 4.84 Å². The minimum absolute atomic E-state index is 0.251. The minimum Gasteiger partial charge on any atom is -0.282 e. The number of carbonyl (C=O) groups excluding carboxylic acids is 1. The average Bonchev–Trinajstić information content (AvgIpc) is 2.45. The summed E-state index contributed by atoms with van der Waals surface area (Å²) in [4.78, 5) is 16.7. The van der Waals surface area contributed by atoms with E-state index in [0.29, 0.717) is 23.8 Å². The van der Waals surface area contributed by atoms with Crippen LogP contribution in [0.15, 0.2) is 0 Å². The fraction of sp³-hybridized carbons (Fsp3) is 0.600. The van der Waals surface area contributed by atoms with Crippen molar-refractivity contribution < 1.29 is 9.63 Å². The number of carbonyl (C=O) groups is 1. The number of nitrogens with one attached hydrogen (secondary N) is 2. The molecule has 1 heterocycles. The Balaban J connectivity index is 2.54. The number of hydroxylamine groups is 1. The Morgan fingerprint density at radius 1 is 1.53 bits per heavy atom. The van der Waals surface area contributed by atoms with Crippen molar-refractivity contribution in [2.45, 2.75) is 27.7 Å². The highest BCUT2D eigenvalue weighted by Crippen LogP contribution is 2.08. The molecule has 84 valence electrons. The molecule has 0 aliphatic rings. The Morgan fingerprint density at radius 2 is 2.20 bits per heavy atom. The molecule has 5 heteroatoms. The predicted octanol–water partition coefficient (Wildman–Crippen LogP) is 1.34. The molecule has 2 N–H and O–H groups in total. The first-order chi connectivity index (χ1) is 7.02. The van der Waals surface area contributed by atoms with Gasteiger partial charge in [0.2, 0.25) is 0 Å². The molecule has 0 atom stereocenters. The third kappa shape index (κ3) is 3.06. The highest BCUT2D eigenvalue weighted by atomic mass is 16.6. The smallest absolute Gasteiger partial charge is 0.278 e. The van der Waals surface area contributed by atoms with E-state index in [1.165, 1.54) is 0 Å². The summed E-state index contributed by atoms with van der Waals surface area (Å²) < 4.78 is 0. The van der Waals surface area contributed by atoms with Crippen LogP contribution in [-0.4, -0.2) is 22.7 Å². The topological polar surface area (TPSA) is 67.0 Å². The third-order valence-electron chi connectivity index (χ3n) is 1.94. The van der Waals surface area contributed by atoms with Gasteiger partial charge < -0.3 is 0 Å². The van der Waals surface area contributed by atoms with E-state index in [1.807, 2.05) is 13.8 Å². The summed E-state index contributed by atoms with van der Waals surface area (Å²) in [6, 6.07) is 0. The van der Waals surface area contributed by atoms with Crippen molar-refractivity contribution in [1.29, 1.82) is 0 Å². The lowest BCUT2D eigenvalue weighted by atomic mass is 10.2. The summed E-state index contributed by atoms with van der Waals surface area (Å²) in [7, 11) is 0. The Hall–Kier alpha value is -1.36. The van der Waals surface area contributed by atoms with Crippen molar-refractivity contribution in [3.05, 3.63) is 17.0 Å². The van der Waals surface area contributed by atoms with E-state index in [-0.39, 0.29) is 5.91 Å². The number of hydrogen-bond acceptors (Lipinski definition) is 3. The largest absolute Gasteiger partial charge is 0.282 e. The summed E-state index contributed by atoms with van der Waals surface area (Å²) >= 11 is 0. The van der Waals surface area contributed by atoms with Crippen LogP contribution in [0.4, 0.5) is 0 Å². The SMILES string of the molecule is Cc1n[nH]c(C)c1C(=O)NOCC(C)C. The van der Waals surface area contributed by atoms with Gasteiger partial charge in [0.25, 0.3) is 5.91 Å². The standard InChI is InChI=1S/C10H17N3O2/c1-6(2)5-15-13-10(14)9-7(3)11-12-8(9)4/h6H,5H2,1-4H3,(H,11,12)(H,13,14). The fourth-order valence-corrected chi connectivity index (χ4v) is 1.21. The number of nitrogens with zero attached hydrogens (tertiary/aromatic N) is 1. The Kier molecular flexibility index (Phi) is 3.85. The maximum absolute atomic E-state index is 11.6. The molecule has 1 aromatic rings. The summed E-state index contributed by atoms with van der Waals surface area (Å²) in [6.45, 7) is 8.11. The molecule has 0 aliphatic carbocycles. The maximum Gasteiger partial charge on any atom is 0.278 e. The van der Waals surface area contributed by atoms with Gasteiger partial charge in [-0.1, -0.05) is 13.8 Å². The molecule has 1 rings (SSSR count). The zero-order valence-electron chi connectivity index (χ0n) is 9.55. The van der Waals surface area contributed by atoms with Crippen molar-refractivity contribution in [1.82, 2.24) is 15.7 Å². The van der Waals surface area contributed by atoms with Crippen LogP contribution in [0.3, 0.4) is 0 Å². The lowest BCUT2D eigenvalue weighted by Gasteiger charge is -2.07. The molecule has 0 aromatic carbocycles. The summed E-state index contributed by atoms with van der Waals surface area (Å²) in [5.74, 6) is 0.135. The zero-order valence-corrected chi connectivity index (χ0v) is 9.55. The van der Waals surface area contributed by atoms with E-state index < -0.39 is 0 Å². The van der Waals surface area contributed by atoms with Crippen molar-refractivity contribution >= 4 is 5.91 Å². The van der Waals surface area contributed by atoms with E-state index in [1.54, 1.807) is 13.8 Å². The van der Waals surface area contributed by atoms with Crippen LogP contribution in [0.5, 0.6) is 0 Å². The molecule has 0 bridgehead atoms. The second-order valence-electron chi connectivity index (χ2n) is 3.95. The minimum atomic E-state index is -0.251. The quantitative estimate of drug-likeness (QED) is 0.738. The molecule has 0 spiro atoms. The van der Waals surface area contributed by atoms with Gasteiger partial charge in [0.1, 0.15) is 0 Å². The first kappa shape index (κ1) is 11.7. The molecule has 0 radical (unpaired) electrons. The van der Waals surface area contributed by atoms with Gasteiger partial charge in [-0.15, -0.1) is 0 Å². The lowest BCUT2D eigenvalue weighted by Crippen LogP contribution is -2.26. The molecule has 0 aliphatic heterocycles. The van der Waals surface area contributed by atoms with Crippen LogP contribution in [0.25, 0.3) is 0 Å². The summed E-state index contributed by atoms with van der Waals surface area (Å²) in [6.07, 6.45) is 0. The second kappa shape index (κ2) is 4.93. The highest BCUT2D eigenvalue weighted by Gasteiger charge is 2.14. The molecule has 0 unspecified atom stereocenters. The molecule has 0 saturated carbocycles. The average molecular weight is 211 g/mol. The maximum atomic E-state index is 11.6. The second-order valence-corrected chi connectivity index (χ2v) is 3.95. The number of aromatic amines is 1. The first-order valence-corrected chi connectivity index (χ1v) is 4.96. The monoisotopic (exact) mass is 211 g/mol. The number of aromatic nitrogens is 2. The Labute approximate surface area is 89.2 Å². The first-order valence-electron chi connectivity index (χ1n) is 4.96. The number of rotatable bonds is 4. The molecule has 1 aromatic heterocycles. The molecular formula is C10H17N3O2. The van der Waals surface area contributed by atoms with E-state index in [0.717, 1.165) is 5.69 Å². The van der Waals surface area contributed by atoms with Crippen LogP contribution in [0.1, 0.15) is 35.6 Å². The molecule has 0 saturated heterocycles. The number of amides is 1. The normalized spacial score (nSPS) is 10.7. The number of H-pyrrole nitrogens is 1. The van der Waals surface area contributed by atoms with Gasteiger partial charge in [0.15, 0.2) is 0 Å². The summed E-state index contributed by atoms with van der Waals surface area (Å²) in [5.41, 5.74) is 4.38. The number of hydrogen-bond donors (Lipinski definition) is 2. The van der Waals surface area contributed by atoms with Gasteiger partial charge in [0.05, 0.1) is 17.9 Å². The Morgan fingerprint density at radius 3 is 2.67 bits per heavy atom. The predicted molar refractivity (Wildman–Crippen MR) is 56.3 cm³/mol. The molecule has 15 heavy (non-hydrogen) atoms. The van der Waals surface area contributed by atoms with Crippen molar-refractivity contribution in [3.63, 3.8) is 0 Å². The molecule has 0 fully saturated rings. The van der Waals surface area contributed by atoms with Crippen LogP contribution in [0.2, 0.25) is 0 Å². The van der Waals surface area contributed by atoms with Gasteiger partial charge in [-0.05, 0) is 19.8 Å². The van der Waals surface area contributed by atoms with Crippen molar-refractivity contribution in [2.75, 3.05) is 6.61 Å². The van der Waals surface area contributed by atoms with E-state index in [4.69, 9.17) is 4.84 Å². The van der Waals surface area contributed by atoms with Gasteiger partial charge in [0, 0.05) is 5.69 Å². The van der Waals surface area contributed by atoms with Crippen molar-refractivity contribution in [3.8, 4) is 0 Å².